The van der Waals surface area contributed by atoms with Crippen molar-refractivity contribution < 1.29 is 14.4 Å². The van der Waals surface area contributed by atoms with Crippen molar-refractivity contribution >= 4 is 34.7 Å². The predicted molar refractivity (Wildman–Crippen MR) is 138 cm³/mol. The molecule has 0 aliphatic rings. The number of nitrogens with two attached hydrogens (primary N) is 1. The molecule has 37 heavy (non-hydrogen) atoms. The number of carbonyl (C=O) groups excluding carboxylic acids is 3. The topological polar surface area (TPSA) is 155 Å². The molecule has 0 atom stereocenters. The van der Waals surface area contributed by atoms with Gasteiger partial charge in [0.2, 0.25) is 11.9 Å². The molecule has 0 saturated carbocycles. The summed E-state index contributed by atoms with van der Waals surface area (Å²) in [6.45, 7) is 7.16. The highest BCUT2D eigenvalue weighted by Gasteiger charge is 2.19. The van der Waals surface area contributed by atoms with E-state index in [-0.39, 0.29) is 11.8 Å². The number of aryl methyl sites for hydroxylation is 5. The standard InChI is InChI=1S/C25H31N9O3/c1-5-34-21(13-16(3)31-34)24(37)29-25-28-18-14-17(22(26)35)8-9-19(18)33(25)11-7-6-10-27-23(36)20-12-15(2)30-32(20)4/h8-9,12-14H,5-7,10-11H2,1-4H3,(H2,26,35)(H,27,36)(H,28,29,37). The zero-order chi connectivity index (χ0) is 26.7. The fourth-order valence-electron chi connectivity index (χ4n) is 4.25. The molecule has 0 fully saturated rings. The van der Waals surface area contributed by atoms with Gasteiger partial charge in [-0.2, -0.15) is 10.2 Å². The maximum Gasteiger partial charge on any atom is 0.276 e. The van der Waals surface area contributed by atoms with Crippen LogP contribution in [0.3, 0.4) is 0 Å². The molecular weight excluding hydrogens is 474 g/mol. The summed E-state index contributed by atoms with van der Waals surface area (Å²) in [4.78, 5) is 41.7. The Morgan fingerprint density at radius 2 is 1.70 bits per heavy atom. The lowest BCUT2D eigenvalue weighted by Gasteiger charge is -2.11. The van der Waals surface area contributed by atoms with E-state index in [1.165, 1.54) is 0 Å². The lowest BCUT2D eigenvalue weighted by atomic mass is 10.2. The van der Waals surface area contributed by atoms with Crippen LogP contribution < -0.4 is 16.4 Å². The van der Waals surface area contributed by atoms with E-state index < -0.39 is 5.91 Å². The Morgan fingerprint density at radius 1 is 0.973 bits per heavy atom. The summed E-state index contributed by atoms with van der Waals surface area (Å²) in [5.41, 5.74) is 9.55. The van der Waals surface area contributed by atoms with Crippen molar-refractivity contribution in [2.75, 3.05) is 11.9 Å². The molecule has 0 spiro atoms. The number of nitrogens with zero attached hydrogens (tertiary/aromatic N) is 6. The third-order valence-electron chi connectivity index (χ3n) is 6.02. The van der Waals surface area contributed by atoms with Crippen LogP contribution in [0.25, 0.3) is 11.0 Å². The number of nitrogens with one attached hydrogen (secondary N) is 2. The largest absolute Gasteiger partial charge is 0.366 e. The number of primary amides is 1. The average Bonchev–Trinajstić information content (AvgIpc) is 3.51. The lowest BCUT2D eigenvalue weighted by Crippen LogP contribution is -2.26. The second-order valence-corrected chi connectivity index (χ2v) is 8.85. The van der Waals surface area contributed by atoms with E-state index in [0.717, 1.165) is 16.9 Å². The first-order valence-corrected chi connectivity index (χ1v) is 12.1. The molecule has 12 nitrogen and oxygen atoms in total. The summed E-state index contributed by atoms with van der Waals surface area (Å²) < 4.78 is 5.09. The molecule has 12 heteroatoms. The molecule has 0 radical (unpaired) electrons. The third-order valence-corrected chi connectivity index (χ3v) is 6.02. The lowest BCUT2D eigenvalue weighted by molar-refractivity contribution is 0.0941. The van der Waals surface area contributed by atoms with E-state index in [9.17, 15) is 14.4 Å². The first kappa shape index (κ1) is 25.6. The molecule has 3 amide bonds. The number of anilines is 1. The summed E-state index contributed by atoms with van der Waals surface area (Å²) in [6, 6.07) is 8.49. The summed E-state index contributed by atoms with van der Waals surface area (Å²) >= 11 is 0. The Kier molecular flexibility index (Phi) is 7.37. The molecule has 0 aliphatic heterocycles. The van der Waals surface area contributed by atoms with Gasteiger partial charge in [-0.25, -0.2) is 4.98 Å². The van der Waals surface area contributed by atoms with Gasteiger partial charge in [-0.05, 0) is 63.9 Å². The van der Waals surface area contributed by atoms with Crippen molar-refractivity contribution in [3.8, 4) is 0 Å². The fraction of sp³-hybridized carbons (Fsp3) is 0.360. The summed E-state index contributed by atoms with van der Waals surface area (Å²) in [6.07, 6.45) is 1.42. The molecule has 0 unspecified atom stereocenters. The third kappa shape index (κ3) is 5.52. The molecule has 1 aromatic carbocycles. The molecule has 0 bridgehead atoms. The molecule has 3 aromatic heterocycles. The van der Waals surface area contributed by atoms with Gasteiger partial charge < -0.3 is 15.6 Å². The maximum absolute atomic E-state index is 13.1. The zero-order valence-electron chi connectivity index (χ0n) is 21.4. The molecule has 0 aliphatic carbocycles. The molecular formula is C25H31N9O3. The highest BCUT2D eigenvalue weighted by atomic mass is 16.2. The number of fused-ring (bicyclic) bond motifs is 1. The zero-order valence-corrected chi connectivity index (χ0v) is 21.4. The monoisotopic (exact) mass is 505 g/mol. The van der Waals surface area contributed by atoms with Crippen molar-refractivity contribution in [3.63, 3.8) is 0 Å². The number of imidazole rings is 1. The minimum absolute atomic E-state index is 0.175. The minimum Gasteiger partial charge on any atom is -0.366 e. The first-order chi connectivity index (χ1) is 17.7. The van der Waals surface area contributed by atoms with Crippen LogP contribution in [0.15, 0.2) is 30.3 Å². The predicted octanol–water partition coefficient (Wildman–Crippen LogP) is 2.16. The molecule has 4 N–H and O–H groups in total. The number of aromatic nitrogens is 6. The van der Waals surface area contributed by atoms with Gasteiger partial charge in [-0.1, -0.05) is 0 Å². The first-order valence-electron chi connectivity index (χ1n) is 12.1. The number of carbonyl (C=O) groups is 3. The van der Waals surface area contributed by atoms with E-state index >= 15 is 0 Å². The summed E-state index contributed by atoms with van der Waals surface area (Å²) in [5, 5.41) is 14.4. The maximum atomic E-state index is 13.1. The quantitative estimate of drug-likeness (QED) is 0.281. The highest BCUT2D eigenvalue weighted by Crippen LogP contribution is 2.23. The minimum atomic E-state index is -0.552. The van der Waals surface area contributed by atoms with Crippen molar-refractivity contribution in [2.24, 2.45) is 12.8 Å². The van der Waals surface area contributed by atoms with E-state index in [0.29, 0.717) is 60.9 Å². The van der Waals surface area contributed by atoms with E-state index in [2.05, 4.69) is 25.8 Å². The van der Waals surface area contributed by atoms with Gasteiger partial charge in [0.25, 0.3) is 11.8 Å². The van der Waals surface area contributed by atoms with Gasteiger partial charge in [0.05, 0.1) is 22.4 Å². The number of amides is 3. The highest BCUT2D eigenvalue weighted by molar-refractivity contribution is 6.03. The van der Waals surface area contributed by atoms with Crippen molar-refractivity contribution in [3.05, 3.63) is 58.7 Å². The van der Waals surface area contributed by atoms with Crippen molar-refractivity contribution in [2.45, 2.75) is 46.7 Å². The Hall–Kier alpha value is -4.48. The Morgan fingerprint density at radius 3 is 2.38 bits per heavy atom. The smallest absolute Gasteiger partial charge is 0.276 e. The van der Waals surface area contributed by atoms with Crippen LogP contribution in [0.1, 0.15) is 62.5 Å². The average molecular weight is 506 g/mol. The Bertz CT molecular complexity index is 1480. The second-order valence-electron chi connectivity index (χ2n) is 8.85. The van der Waals surface area contributed by atoms with Crippen LogP contribution in [-0.4, -0.2) is 53.4 Å². The SMILES string of the molecule is CCn1nc(C)cc1C(=O)Nc1nc2cc(C(N)=O)ccc2n1CCCCNC(=O)c1cc(C)nn1C. The normalized spacial score (nSPS) is 11.1. The number of hydrogen-bond donors (Lipinski definition) is 3. The van der Waals surface area contributed by atoms with Crippen LogP contribution in [0.4, 0.5) is 5.95 Å². The van der Waals surface area contributed by atoms with Crippen LogP contribution in [0.2, 0.25) is 0 Å². The molecule has 3 heterocycles. The van der Waals surface area contributed by atoms with E-state index in [1.54, 1.807) is 46.7 Å². The number of benzene rings is 1. The number of unbranched alkanes of at least 4 members (excludes halogenated alkanes) is 1. The van der Waals surface area contributed by atoms with E-state index in [1.807, 2.05) is 25.3 Å². The van der Waals surface area contributed by atoms with Gasteiger partial charge in [0, 0.05) is 32.2 Å². The molecule has 194 valence electrons. The van der Waals surface area contributed by atoms with Gasteiger partial charge in [-0.3, -0.25) is 29.1 Å². The van der Waals surface area contributed by atoms with Crippen LogP contribution >= 0.6 is 0 Å². The fourth-order valence-corrected chi connectivity index (χ4v) is 4.25. The van der Waals surface area contributed by atoms with Crippen molar-refractivity contribution in [1.82, 2.24) is 34.4 Å². The molecule has 0 saturated heterocycles. The van der Waals surface area contributed by atoms with Gasteiger partial charge in [-0.15, -0.1) is 0 Å². The van der Waals surface area contributed by atoms with Crippen LogP contribution in [-0.2, 0) is 20.1 Å². The van der Waals surface area contributed by atoms with E-state index in [4.69, 9.17) is 5.73 Å². The number of hydrogen-bond acceptors (Lipinski definition) is 6. The van der Waals surface area contributed by atoms with Gasteiger partial charge in [0.1, 0.15) is 11.4 Å². The van der Waals surface area contributed by atoms with Crippen molar-refractivity contribution in [1.29, 1.82) is 0 Å². The Balaban J connectivity index is 1.49. The van der Waals surface area contributed by atoms with Crippen LogP contribution in [0, 0.1) is 13.8 Å². The van der Waals surface area contributed by atoms with Gasteiger partial charge in [0.15, 0.2) is 0 Å². The summed E-state index contributed by atoms with van der Waals surface area (Å²) in [7, 11) is 1.74. The van der Waals surface area contributed by atoms with Crippen LogP contribution in [0.5, 0.6) is 0 Å². The Labute approximate surface area is 213 Å². The molecule has 4 rings (SSSR count). The summed E-state index contributed by atoms with van der Waals surface area (Å²) in [5.74, 6) is -0.694. The van der Waals surface area contributed by atoms with Gasteiger partial charge >= 0.3 is 0 Å². The number of rotatable bonds is 10. The molecule has 4 aromatic rings. The second kappa shape index (κ2) is 10.6.